The van der Waals surface area contributed by atoms with E-state index >= 15 is 0 Å². The molecule has 4 nitrogen and oxygen atoms in total. The normalized spacial score (nSPS) is 16.1. The molecule has 19 heavy (non-hydrogen) atoms. The minimum absolute atomic E-state index is 0.0409. The maximum atomic E-state index is 13.5. The molecule has 1 aliphatic rings. The Balaban J connectivity index is 1.97. The summed E-state index contributed by atoms with van der Waals surface area (Å²) in [5, 5.41) is 2.86. The van der Waals surface area contributed by atoms with Gasteiger partial charge < -0.3 is 10.7 Å². The van der Waals surface area contributed by atoms with Crippen LogP contribution in [0.15, 0.2) is 18.2 Å². The number of carbonyl (C=O) groups excluding carboxylic acids is 1. The number of hydrogen-bond donors (Lipinski definition) is 3. The summed E-state index contributed by atoms with van der Waals surface area (Å²) in [4.78, 5) is 12.0. The fourth-order valence-corrected chi connectivity index (χ4v) is 3.35. The van der Waals surface area contributed by atoms with Crippen molar-refractivity contribution in [3.05, 3.63) is 29.6 Å². The molecule has 0 aliphatic carbocycles. The van der Waals surface area contributed by atoms with E-state index in [0.717, 1.165) is 24.3 Å². The van der Waals surface area contributed by atoms with Crippen molar-refractivity contribution in [2.45, 2.75) is 12.8 Å². The second kappa shape index (κ2) is 6.77. The first-order chi connectivity index (χ1) is 9.22. The van der Waals surface area contributed by atoms with Crippen molar-refractivity contribution < 1.29 is 9.18 Å². The second-order valence-electron chi connectivity index (χ2n) is 4.57. The summed E-state index contributed by atoms with van der Waals surface area (Å²) < 4.78 is 13.5. The van der Waals surface area contributed by atoms with E-state index < -0.39 is 5.82 Å². The highest BCUT2D eigenvalue weighted by Gasteiger charge is 2.17. The second-order valence-corrected chi connectivity index (χ2v) is 5.80. The van der Waals surface area contributed by atoms with Crippen LogP contribution in [0.1, 0.15) is 23.2 Å². The fourth-order valence-electron chi connectivity index (χ4n) is 2.14. The Morgan fingerprint density at radius 1 is 1.42 bits per heavy atom. The van der Waals surface area contributed by atoms with E-state index in [0.29, 0.717) is 12.5 Å². The molecule has 1 fully saturated rings. The summed E-state index contributed by atoms with van der Waals surface area (Å²) in [6.45, 7) is 0.639. The fraction of sp³-hybridized carbons (Fsp3) is 0.462. The number of nitrogens with one attached hydrogen (secondary N) is 2. The molecule has 104 valence electrons. The van der Waals surface area contributed by atoms with Gasteiger partial charge >= 0.3 is 0 Å². The third kappa shape index (κ3) is 3.61. The van der Waals surface area contributed by atoms with Crippen molar-refractivity contribution >= 4 is 23.4 Å². The highest BCUT2D eigenvalue weighted by Crippen LogP contribution is 2.22. The molecule has 2 rings (SSSR count). The summed E-state index contributed by atoms with van der Waals surface area (Å²) >= 11 is 1.95. The zero-order valence-corrected chi connectivity index (χ0v) is 11.4. The van der Waals surface area contributed by atoms with Crippen LogP contribution in [0.2, 0.25) is 0 Å². The van der Waals surface area contributed by atoms with Crippen molar-refractivity contribution in [3.8, 4) is 0 Å². The van der Waals surface area contributed by atoms with Crippen LogP contribution in [0.3, 0.4) is 0 Å². The summed E-state index contributed by atoms with van der Waals surface area (Å²) in [5.41, 5.74) is 2.53. The Kier molecular flexibility index (Phi) is 5.04. The molecular weight excluding hydrogens is 265 g/mol. The number of thioether (sulfide) groups is 1. The average molecular weight is 283 g/mol. The number of anilines is 1. The number of amides is 1. The molecule has 1 aromatic carbocycles. The summed E-state index contributed by atoms with van der Waals surface area (Å²) in [6, 6.07) is 4.33. The Morgan fingerprint density at radius 2 is 2.16 bits per heavy atom. The highest BCUT2D eigenvalue weighted by molar-refractivity contribution is 7.99. The summed E-state index contributed by atoms with van der Waals surface area (Å²) in [7, 11) is 0. The molecule has 0 atom stereocenters. The maximum Gasteiger partial charge on any atom is 0.253 e. The molecule has 0 spiro atoms. The van der Waals surface area contributed by atoms with Crippen molar-refractivity contribution in [2.75, 3.05) is 23.5 Å². The molecule has 4 N–H and O–H groups in total. The van der Waals surface area contributed by atoms with Gasteiger partial charge in [-0.1, -0.05) is 6.07 Å². The molecule has 0 saturated carbocycles. The van der Waals surface area contributed by atoms with Gasteiger partial charge in [0.1, 0.15) is 5.82 Å². The van der Waals surface area contributed by atoms with Gasteiger partial charge in [0.25, 0.3) is 5.91 Å². The van der Waals surface area contributed by atoms with Gasteiger partial charge in [0.15, 0.2) is 0 Å². The van der Waals surface area contributed by atoms with Gasteiger partial charge in [0, 0.05) is 6.54 Å². The summed E-state index contributed by atoms with van der Waals surface area (Å²) in [6.07, 6.45) is 2.24. The van der Waals surface area contributed by atoms with Gasteiger partial charge in [-0.3, -0.25) is 10.6 Å². The molecule has 1 amide bonds. The maximum absolute atomic E-state index is 13.5. The van der Waals surface area contributed by atoms with Gasteiger partial charge in [-0.05, 0) is 42.4 Å². The first-order valence-corrected chi connectivity index (χ1v) is 7.49. The van der Waals surface area contributed by atoms with Gasteiger partial charge in [0.05, 0.1) is 11.3 Å². The number of hydrogen-bond acceptors (Lipinski definition) is 4. The van der Waals surface area contributed by atoms with E-state index in [1.54, 1.807) is 6.07 Å². The third-order valence-corrected chi connectivity index (χ3v) is 4.34. The monoisotopic (exact) mass is 283 g/mol. The van der Waals surface area contributed by atoms with Crippen LogP contribution < -0.4 is 16.6 Å². The lowest BCUT2D eigenvalue weighted by molar-refractivity contribution is 0.0946. The molecular formula is C13H18FN3OS. The van der Waals surface area contributed by atoms with Crippen LogP contribution in [-0.4, -0.2) is 24.0 Å². The van der Waals surface area contributed by atoms with E-state index in [9.17, 15) is 9.18 Å². The molecule has 0 radical (unpaired) electrons. The quantitative estimate of drug-likeness (QED) is 0.584. The van der Waals surface area contributed by atoms with Crippen molar-refractivity contribution in [2.24, 2.45) is 11.8 Å². The van der Waals surface area contributed by atoms with Crippen LogP contribution in [0.25, 0.3) is 0 Å². The third-order valence-electron chi connectivity index (χ3n) is 3.29. The predicted molar refractivity (Wildman–Crippen MR) is 76.6 cm³/mol. The van der Waals surface area contributed by atoms with E-state index in [-0.39, 0.29) is 17.2 Å². The number of halogens is 1. The van der Waals surface area contributed by atoms with Crippen molar-refractivity contribution in [1.29, 1.82) is 0 Å². The largest absolute Gasteiger partial charge is 0.352 e. The Labute approximate surface area is 116 Å². The van der Waals surface area contributed by atoms with Crippen LogP contribution in [-0.2, 0) is 0 Å². The number of para-hydroxylation sites is 1. The van der Waals surface area contributed by atoms with E-state index in [1.165, 1.54) is 12.1 Å². The minimum Gasteiger partial charge on any atom is -0.352 e. The lowest BCUT2D eigenvalue weighted by Crippen LogP contribution is -2.31. The lowest BCUT2D eigenvalue weighted by atomic mass is 10.0. The van der Waals surface area contributed by atoms with Crippen molar-refractivity contribution in [3.63, 3.8) is 0 Å². The summed E-state index contributed by atoms with van der Waals surface area (Å²) in [5.74, 6) is 7.26. The molecule has 0 aromatic heterocycles. The van der Waals surface area contributed by atoms with Gasteiger partial charge in [0.2, 0.25) is 0 Å². The Bertz CT molecular complexity index is 450. The smallest absolute Gasteiger partial charge is 0.253 e. The molecule has 1 heterocycles. The zero-order chi connectivity index (χ0) is 13.7. The molecule has 0 bridgehead atoms. The standard InChI is InChI=1S/C13H18FN3OS/c14-11-3-1-2-10(12(11)17-15)13(18)16-8-9-4-6-19-7-5-9/h1-3,9,17H,4-8,15H2,(H,16,18). The lowest BCUT2D eigenvalue weighted by Gasteiger charge is -2.21. The van der Waals surface area contributed by atoms with E-state index in [4.69, 9.17) is 5.84 Å². The van der Waals surface area contributed by atoms with E-state index in [2.05, 4.69) is 10.7 Å². The molecule has 1 aromatic rings. The number of rotatable bonds is 4. The van der Waals surface area contributed by atoms with E-state index in [1.807, 2.05) is 11.8 Å². The Hall–Kier alpha value is -1.27. The topological polar surface area (TPSA) is 67.1 Å². The number of nitrogens with two attached hydrogens (primary N) is 1. The first kappa shape index (κ1) is 14.1. The SMILES string of the molecule is NNc1c(F)cccc1C(=O)NCC1CCSCC1. The molecule has 1 saturated heterocycles. The van der Waals surface area contributed by atoms with Crippen LogP contribution in [0, 0.1) is 11.7 Å². The molecule has 6 heteroatoms. The van der Waals surface area contributed by atoms with Crippen molar-refractivity contribution in [1.82, 2.24) is 5.32 Å². The van der Waals surface area contributed by atoms with Gasteiger partial charge in [-0.2, -0.15) is 11.8 Å². The van der Waals surface area contributed by atoms with Crippen LogP contribution >= 0.6 is 11.8 Å². The number of carbonyl (C=O) groups is 1. The van der Waals surface area contributed by atoms with Gasteiger partial charge in [-0.15, -0.1) is 0 Å². The molecule has 1 aliphatic heterocycles. The first-order valence-electron chi connectivity index (χ1n) is 6.33. The number of benzene rings is 1. The number of nitrogen functional groups attached to an aromatic ring is 1. The van der Waals surface area contributed by atoms with Crippen LogP contribution in [0.5, 0.6) is 0 Å². The highest BCUT2D eigenvalue weighted by atomic mass is 32.2. The average Bonchev–Trinajstić information content (AvgIpc) is 2.45. The Morgan fingerprint density at radius 3 is 2.84 bits per heavy atom. The minimum atomic E-state index is -0.524. The molecule has 0 unspecified atom stereocenters. The predicted octanol–water partition coefficient (Wildman–Crippen LogP) is 1.98. The van der Waals surface area contributed by atoms with Gasteiger partial charge in [-0.25, -0.2) is 4.39 Å². The van der Waals surface area contributed by atoms with Crippen LogP contribution in [0.4, 0.5) is 10.1 Å². The number of hydrazine groups is 1. The zero-order valence-electron chi connectivity index (χ0n) is 10.6.